The van der Waals surface area contributed by atoms with Gasteiger partial charge in [-0.25, -0.2) is 9.97 Å². The standard InChI is InChI=1S/C11H13ClN4OS/c1-2-3-8-15-7(5-18-8)4-16-6-14-10(12)9(13)11(16)17/h5-6H,2-4,13H2,1H3. The lowest BCUT2D eigenvalue weighted by Crippen LogP contribution is -2.24. The van der Waals surface area contributed by atoms with E-state index in [1.165, 1.54) is 10.9 Å². The van der Waals surface area contributed by atoms with Crippen LogP contribution in [-0.4, -0.2) is 14.5 Å². The molecule has 0 radical (unpaired) electrons. The van der Waals surface area contributed by atoms with Crippen molar-refractivity contribution in [3.8, 4) is 0 Å². The zero-order valence-corrected chi connectivity index (χ0v) is 11.5. The first kappa shape index (κ1) is 13.0. The number of nitrogens with zero attached hydrogens (tertiary/aromatic N) is 3. The van der Waals surface area contributed by atoms with E-state index >= 15 is 0 Å². The average molecular weight is 285 g/mol. The van der Waals surface area contributed by atoms with Crippen LogP contribution in [0, 0.1) is 0 Å². The SMILES string of the molecule is CCCc1nc(Cn2cnc(Cl)c(N)c2=O)cs1. The van der Waals surface area contributed by atoms with E-state index in [0.29, 0.717) is 6.54 Å². The van der Waals surface area contributed by atoms with E-state index < -0.39 is 0 Å². The van der Waals surface area contributed by atoms with E-state index in [2.05, 4.69) is 16.9 Å². The topological polar surface area (TPSA) is 73.8 Å². The summed E-state index contributed by atoms with van der Waals surface area (Å²) in [6.07, 6.45) is 3.41. The summed E-state index contributed by atoms with van der Waals surface area (Å²) < 4.78 is 1.41. The van der Waals surface area contributed by atoms with Crippen molar-refractivity contribution in [1.29, 1.82) is 0 Å². The Balaban J connectivity index is 2.23. The predicted molar refractivity (Wildman–Crippen MR) is 73.1 cm³/mol. The van der Waals surface area contributed by atoms with Crippen LogP contribution in [0.3, 0.4) is 0 Å². The molecule has 0 amide bonds. The van der Waals surface area contributed by atoms with E-state index in [-0.39, 0.29) is 16.4 Å². The number of hydrogen-bond acceptors (Lipinski definition) is 5. The number of rotatable bonds is 4. The molecule has 0 spiro atoms. The van der Waals surface area contributed by atoms with Crippen molar-refractivity contribution in [2.24, 2.45) is 0 Å². The van der Waals surface area contributed by atoms with Gasteiger partial charge >= 0.3 is 0 Å². The number of aromatic nitrogens is 3. The van der Waals surface area contributed by atoms with Crippen LogP contribution in [0.5, 0.6) is 0 Å². The van der Waals surface area contributed by atoms with Gasteiger partial charge in [-0.15, -0.1) is 11.3 Å². The van der Waals surface area contributed by atoms with Crippen LogP contribution in [0.2, 0.25) is 5.15 Å². The zero-order chi connectivity index (χ0) is 13.1. The normalized spacial score (nSPS) is 10.8. The molecule has 2 aromatic heterocycles. The van der Waals surface area contributed by atoms with Crippen LogP contribution < -0.4 is 11.3 Å². The lowest BCUT2D eigenvalue weighted by Gasteiger charge is -2.04. The Bertz CT molecular complexity index is 607. The quantitative estimate of drug-likeness (QED) is 0.871. The van der Waals surface area contributed by atoms with Gasteiger partial charge in [-0.3, -0.25) is 9.36 Å². The van der Waals surface area contributed by atoms with E-state index in [0.717, 1.165) is 23.5 Å². The monoisotopic (exact) mass is 284 g/mol. The molecule has 0 aliphatic carbocycles. The van der Waals surface area contributed by atoms with E-state index in [1.54, 1.807) is 11.3 Å². The molecule has 18 heavy (non-hydrogen) atoms. The Morgan fingerprint density at radius 3 is 3.06 bits per heavy atom. The molecule has 0 saturated carbocycles. The molecular formula is C11H13ClN4OS. The number of hydrogen-bond donors (Lipinski definition) is 1. The smallest absolute Gasteiger partial charge is 0.278 e. The minimum Gasteiger partial charge on any atom is -0.392 e. The highest BCUT2D eigenvalue weighted by Gasteiger charge is 2.08. The second-order valence-corrected chi connectivity index (χ2v) is 5.17. The molecule has 0 atom stereocenters. The first-order valence-electron chi connectivity index (χ1n) is 5.55. The van der Waals surface area contributed by atoms with Gasteiger partial charge in [0.2, 0.25) is 0 Å². The molecule has 2 heterocycles. The second kappa shape index (κ2) is 5.49. The Morgan fingerprint density at radius 2 is 2.33 bits per heavy atom. The fourth-order valence-electron chi connectivity index (χ4n) is 1.52. The molecule has 96 valence electrons. The largest absolute Gasteiger partial charge is 0.392 e. The third-order valence-corrected chi connectivity index (χ3v) is 3.68. The van der Waals surface area contributed by atoms with Crippen molar-refractivity contribution >= 4 is 28.6 Å². The van der Waals surface area contributed by atoms with Crippen molar-refractivity contribution < 1.29 is 0 Å². The van der Waals surface area contributed by atoms with Crippen LogP contribution in [-0.2, 0) is 13.0 Å². The van der Waals surface area contributed by atoms with Gasteiger partial charge in [-0.1, -0.05) is 18.5 Å². The molecule has 0 bridgehead atoms. The van der Waals surface area contributed by atoms with Crippen LogP contribution >= 0.6 is 22.9 Å². The molecule has 0 aliphatic rings. The molecule has 0 fully saturated rings. The second-order valence-electron chi connectivity index (χ2n) is 3.86. The zero-order valence-electron chi connectivity index (χ0n) is 9.89. The highest BCUT2D eigenvalue weighted by Crippen LogP contribution is 2.13. The summed E-state index contributed by atoms with van der Waals surface area (Å²) in [5, 5.41) is 3.07. The van der Waals surface area contributed by atoms with Gasteiger partial charge in [-0.2, -0.15) is 0 Å². The molecule has 2 rings (SSSR count). The summed E-state index contributed by atoms with van der Waals surface area (Å²) in [6, 6.07) is 0. The van der Waals surface area contributed by atoms with Crippen molar-refractivity contribution in [3.05, 3.63) is 37.9 Å². The van der Waals surface area contributed by atoms with Gasteiger partial charge in [0, 0.05) is 5.38 Å². The first-order chi connectivity index (χ1) is 8.61. The third-order valence-electron chi connectivity index (χ3n) is 2.42. The van der Waals surface area contributed by atoms with E-state index in [9.17, 15) is 4.79 Å². The number of anilines is 1. The molecule has 2 N–H and O–H groups in total. The molecule has 2 aromatic rings. The lowest BCUT2D eigenvalue weighted by molar-refractivity contribution is 0.721. The van der Waals surface area contributed by atoms with Crippen LogP contribution in [0.15, 0.2) is 16.5 Å². The number of nitrogens with two attached hydrogens (primary N) is 1. The molecule has 0 saturated heterocycles. The van der Waals surface area contributed by atoms with Crippen LogP contribution in [0.4, 0.5) is 5.69 Å². The Kier molecular flexibility index (Phi) is 3.98. The van der Waals surface area contributed by atoms with Gasteiger partial charge in [-0.05, 0) is 12.8 Å². The van der Waals surface area contributed by atoms with Crippen LogP contribution in [0.1, 0.15) is 24.0 Å². The van der Waals surface area contributed by atoms with Crippen molar-refractivity contribution in [1.82, 2.24) is 14.5 Å². The number of halogens is 1. The first-order valence-corrected chi connectivity index (χ1v) is 6.81. The summed E-state index contributed by atoms with van der Waals surface area (Å²) in [5.74, 6) is 0. The van der Waals surface area contributed by atoms with Crippen molar-refractivity contribution in [2.75, 3.05) is 5.73 Å². The Labute approximate surface area is 113 Å². The highest BCUT2D eigenvalue weighted by molar-refractivity contribution is 7.09. The van der Waals surface area contributed by atoms with Crippen molar-refractivity contribution in [2.45, 2.75) is 26.3 Å². The van der Waals surface area contributed by atoms with Crippen molar-refractivity contribution in [3.63, 3.8) is 0 Å². The third kappa shape index (κ3) is 2.70. The van der Waals surface area contributed by atoms with Gasteiger partial charge in [0.15, 0.2) is 5.15 Å². The summed E-state index contributed by atoms with van der Waals surface area (Å²) in [4.78, 5) is 20.1. The Hall–Kier alpha value is -1.40. The molecule has 0 aliphatic heterocycles. The predicted octanol–water partition coefficient (Wildman–Crippen LogP) is 1.94. The molecule has 0 aromatic carbocycles. The summed E-state index contributed by atoms with van der Waals surface area (Å²) in [7, 11) is 0. The van der Waals surface area contributed by atoms with E-state index in [4.69, 9.17) is 17.3 Å². The molecule has 0 unspecified atom stereocenters. The van der Waals surface area contributed by atoms with Gasteiger partial charge in [0.25, 0.3) is 5.56 Å². The number of aryl methyl sites for hydroxylation is 1. The summed E-state index contributed by atoms with van der Waals surface area (Å²) in [6.45, 7) is 2.48. The lowest BCUT2D eigenvalue weighted by atomic mass is 10.3. The molecule has 7 heteroatoms. The molecule has 5 nitrogen and oxygen atoms in total. The minimum absolute atomic E-state index is 0.0248. The number of thiazole rings is 1. The van der Waals surface area contributed by atoms with Gasteiger partial charge in [0.05, 0.1) is 23.6 Å². The van der Waals surface area contributed by atoms with E-state index in [1.807, 2.05) is 5.38 Å². The highest BCUT2D eigenvalue weighted by atomic mass is 35.5. The average Bonchev–Trinajstić information content (AvgIpc) is 2.78. The molecular weight excluding hydrogens is 272 g/mol. The fourth-order valence-corrected chi connectivity index (χ4v) is 2.54. The summed E-state index contributed by atoms with van der Waals surface area (Å²) >= 11 is 7.27. The van der Waals surface area contributed by atoms with Gasteiger partial charge in [0.1, 0.15) is 5.69 Å². The maximum atomic E-state index is 11.8. The summed E-state index contributed by atoms with van der Waals surface area (Å²) in [5.41, 5.74) is 6.03. The van der Waals surface area contributed by atoms with Gasteiger partial charge < -0.3 is 5.73 Å². The fraction of sp³-hybridized carbons (Fsp3) is 0.364. The van der Waals surface area contributed by atoms with Crippen LogP contribution in [0.25, 0.3) is 0 Å². The minimum atomic E-state index is -0.333. The maximum absolute atomic E-state index is 11.8. The maximum Gasteiger partial charge on any atom is 0.278 e. The Morgan fingerprint density at radius 1 is 1.56 bits per heavy atom. The number of nitrogen functional groups attached to an aromatic ring is 1.